The van der Waals surface area contributed by atoms with Crippen LogP contribution in [0.5, 0.6) is 23.0 Å². The molecule has 664 valence electrons. The number of aromatic nitrogens is 8. The number of methoxy groups -OCH3 is 3. The Bertz CT molecular complexity index is 6030. The van der Waals surface area contributed by atoms with E-state index in [1.54, 1.807) is 167 Å². The predicted molar refractivity (Wildman–Crippen MR) is 462 cm³/mol. The zero-order valence-corrected chi connectivity index (χ0v) is 69.2. The SMILES string of the molecule is C=CC(=O)CCc1cccc(Nc2nc(Nc3cccc(OC)c3)ncc2C(F)(F)F)c1.C=CC(=O)Nc1cc(Nc2nc(Nc3cccc(OC)c3)ncc2C(F)(F)F)ccc1Cl.CC(C)=CC(=O)c1cccc(Nc2nc(Nc3cccc(OC(F)(F)F)c3)ncc2F)c1.COc1cccc(Nc2ncc(C(F)(F)F)c(Nc3cccc(C(=O)C=C(C)C)c3)n2)c1. The van der Waals surface area contributed by atoms with Crippen molar-refractivity contribution >= 4 is 133 Å². The average Bonchev–Trinajstić information content (AvgIpc) is 0.810. The summed E-state index contributed by atoms with van der Waals surface area (Å²) in [6.45, 7) is 13.9. The number of hydrogen-bond donors (Lipinski definition) is 9. The Morgan fingerprint density at radius 2 is 0.734 bits per heavy atom. The van der Waals surface area contributed by atoms with Gasteiger partial charge in [0, 0.05) is 106 Å². The minimum Gasteiger partial charge on any atom is -0.497 e. The summed E-state index contributed by atoms with van der Waals surface area (Å²) in [6.07, 6.45) is -9.90. The van der Waals surface area contributed by atoms with E-state index >= 15 is 0 Å². The van der Waals surface area contributed by atoms with E-state index in [9.17, 15) is 76.3 Å². The summed E-state index contributed by atoms with van der Waals surface area (Å²) in [5.41, 5.74) is 3.46. The number of alkyl halides is 12. The highest BCUT2D eigenvalue weighted by Crippen LogP contribution is 2.41. The Hall–Kier alpha value is -15.5. The van der Waals surface area contributed by atoms with Crippen LogP contribution < -0.4 is 66.8 Å². The standard InChI is InChI=1S/2C23H21F3N4O2.C22H18F4N4O2.C21H17ClF3N5O2/c1-14(2)10-20(31)15-6-4-7-16(11-15)28-21-19(23(24,25)26)13-27-22(30-21)29-17-8-5-9-18(12-17)32-3;1-3-18(31)11-10-15-6-4-7-16(12-15)28-21-20(23(24,25)26)14-27-22(30-21)29-17-8-5-9-19(13-17)32-2;1-13(2)9-19(31)14-5-3-6-15(10-14)28-20-18(23)12-27-21(30-20)29-16-7-4-8-17(11-16)32-22(24,25)26;1-3-18(31)29-17-10-13(7-8-16(17)22)27-19-15(21(23,24)25)11-26-20(30-19)28-12-5-4-6-14(9-12)32-2/h4-13H,1-3H3,(H2,27,28,29,30);3-9,12-14H,1,10-11H2,2H3,(H2,27,28,29,30);3-12H,1-2H3,(H2,27,28,29,30);3-11H,1H2,2H3,(H,29,31)(H2,26,27,28,30). The minimum atomic E-state index is -4.83. The van der Waals surface area contributed by atoms with Crippen molar-refractivity contribution in [3.63, 3.8) is 0 Å². The van der Waals surface area contributed by atoms with Gasteiger partial charge in [-0.05, 0) is 167 Å². The number of nitrogens with zero attached hydrogens (tertiary/aromatic N) is 8. The van der Waals surface area contributed by atoms with Gasteiger partial charge < -0.3 is 66.8 Å². The predicted octanol–water partition coefficient (Wildman–Crippen LogP) is 23.7. The molecule has 0 aliphatic carbocycles. The molecule has 0 aliphatic rings. The van der Waals surface area contributed by atoms with E-state index in [0.717, 1.165) is 47.3 Å². The molecule has 0 bridgehead atoms. The molecule has 0 unspecified atom stereocenters. The first-order valence-electron chi connectivity index (χ1n) is 37.6. The summed E-state index contributed by atoms with van der Waals surface area (Å²) >= 11 is 6.04. The molecule has 0 radical (unpaired) electrons. The molecule has 1 amide bonds. The van der Waals surface area contributed by atoms with Gasteiger partial charge in [-0.3, -0.25) is 19.2 Å². The summed E-state index contributed by atoms with van der Waals surface area (Å²) in [5.74, 6) is -2.23. The molecule has 128 heavy (non-hydrogen) atoms. The van der Waals surface area contributed by atoms with Crippen LogP contribution >= 0.6 is 11.6 Å². The van der Waals surface area contributed by atoms with Crippen molar-refractivity contribution in [1.82, 2.24) is 39.9 Å². The molecule has 0 aliphatic heterocycles. The van der Waals surface area contributed by atoms with Crippen molar-refractivity contribution in [2.45, 2.75) is 65.4 Å². The van der Waals surface area contributed by atoms with Crippen LogP contribution in [0.3, 0.4) is 0 Å². The van der Waals surface area contributed by atoms with Crippen LogP contribution in [0.2, 0.25) is 5.02 Å². The number of ether oxygens (including phenoxy) is 4. The average molecular weight is 1800 g/mol. The molecule has 4 aromatic heterocycles. The van der Waals surface area contributed by atoms with E-state index in [4.69, 9.17) is 25.8 Å². The van der Waals surface area contributed by atoms with E-state index in [2.05, 4.69) is 106 Å². The Balaban J connectivity index is 0.000000193. The molecule has 25 nitrogen and oxygen atoms in total. The molecule has 4 heterocycles. The van der Waals surface area contributed by atoms with E-state index in [-0.39, 0.29) is 81.2 Å². The summed E-state index contributed by atoms with van der Waals surface area (Å²) in [6, 6.07) is 49.2. The minimum absolute atomic E-state index is 0.0125. The monoisotopic (exact) mass is 1790 g/mol. The lowest BCUT2D eigenvalue weighted by Crippen LogP contribution is -2.17. The van der Waals surface area contributed by atoms with Crippen LogP contribution in [0.25, 0.3) is 0 Å². The van der Waals surface area contributed by atoms with Gasteiger partial charge in [0.15, 0.2) is 29.0 Å². The number of aryl methyl sites for hydroxylation is 1. The zero-order valence-electron chi connectivity index (χ0n) is 68.5. The van der Waals surface area contributed by atoms with Crippen molar-refractivity contribution in [2.24, 2.45) is 0 Å². The van der Waals surface area contributed by atoms with Crippen LogP contribution in [0.1, 0.15) is 77.1 Å². The first-order chi connectivity index (χ1) is 60.7. The van der Waals surface area contributed by atoms with Crippen LogP contribution in [0, 0.1) is 5.82 Å². The normalized spacial score (nSPS) is 10.9. The highest BCUT2D eigenvalue weighted by atomic mass is 35.5. The second-order valence-electron chi connectivity index (χ2n) is 27.1. The summed E-state index contributed by atoms with van der Waals surface area (Å²) in [7, 11) is 4.51. The highest BCUT2D eigenvalue weighted by Gasteiger charge is 2.38. The van der Waals surface area contributed by atoms with Crippen molar-refractivity contribution in [2.75, 3.05) is 69.2 Å². The van der Waals surface area contributed by atoms with Gasteiger partial charge in [-0.2, -0.15) is 59.4 Å². The van der Waals surface area contributed by atoms with Crippen molar-refractivity contribution in [3.8, 4) is 23.0 Å². The maximum Gasteiger partial charge on any atom is 0.573 e. The quantitative estimate of drug-likeness (QED) is 0.0115. The Morgan fingerprint density at radius 3 is 1.10 bits per heavy atom. The molecule has 39 heteroatoms. The van der Waals surface area contributed by atoms with Gasteiger partial charge >= 0.3 is 24.9 Å². The molecule has 9 N–H and O–H groups in total. The second-order valence-corrected chi connectivity index (χ2v) is 27.5. The second kappa shape index (κ2) is 44.2. The van der Waals surface area contributed by atoms with Crippen molar-refractivity contribution in [1.29, 1.82) is 0 Å². The van der Waals surface area contributed by atoms with Crippen LogP contribution in [-0.4, -0.2) is 90.8 Å². The van der Waals surface area contributed by atoms with Gasteiger partial charge in [-0.1, -0.05) is 96.6 Å². The smallest absolute Gasteiger partial charge is 0.497 e. The lowest BCUT2D eigenvalue weighted by atomic mass is 10.1. The van der Waals surface area contributed by atoms with Crippen molar-refractivity contribution < 1.29 is 95.2 Å². The molecule has 0 spiro atoms. The number of rotatable bonds is 30. The maximum atomic E-state index is 14.2. The summed E-state index contributed by atoms with van der Waals surface area (Å²) in [4.78, 5) is 78.7. The number of allylic oxidation sites excluding steroid dienone is 5. The lowest BCUT2D eigenvalue weighted by Gasteiger charge is -2.16. The first kappa shape index (κ1) is 96.3. The van der Waals surface area contributed by atoms with Crippen LogP contribution in [0.15, 0.2) is 261 Å². The Kier molecular flexibility index (Phi) is 33.3. The first-order valence-corrected chi connectivity index (χ1v) is 37.9. The lowest BCUT2D eigenvalue weighted by molar-refractivity contribution is -0.274. The van der Waals surface area contributed by atoms with Crippen LogP contribution in [0.4, 0.5) is 155 Å². The Labute approximate surface area is 728 Å². The number of carbonyl (C=O) groups excluding carboxylic acids is 4. The fraction of sp³-hybridized carbons (Fsp3) is 0.146. The third-order valence-corrected chi connectivity index (χ3v) is 17.1. The number of nitrogens with one attached hydrogen (secondary N) is 9. The van der Waals surface area contributed by atoms with Crippen LogP contribution in [-0.2, 0) is 34.5 Å². The molecule has 0 atom stereocenters. The Morgan fingerprint density at radius 1 is 0.398 bits per heavy atom. The summed E-state index contributed by atoms with van der Waals surface area (Å²) in [5, 5.41) is 24.7. The van der Waals surface area contributed by atoms with Crippen molar-refractivity contribution in [3.05, 3.63) is 306 Å². The third-order valence-electron chi connectivity index (χ3n) is 16.7. The molecule has 12 aromatic rings. The van der Waals surface area contributed by atoms with Gasteiger partial charge in [0.25, 0.3) is 0 Å². The van der Waals surface area contributed by atoms with Gasteiger partial charge in [-0.25, -0.2) is 24.3 Å². The largest absolute Gasteiger partial charge is 0.573 e. The molecule has 0 saturated heterocycles. The number of halogens is 14. The molecule has 0 fully saturated rings. The van der Waals surface area contributed by atoms with E-state index in [0.29, 0.717) is 75.6 Å². The number of benzene rings is 8. The van der Waals surface area contributed by atoms with E-state index in [1.807, 2.05) is 0 Å². The molecule has 12 rings (SSSR count). The molecule has 0 saturated carbocycles. The third kappa shape index (κ3) is 30.2. The molecule has 8 aromatic carbocycles. The number of hydrogen-bond acceptors (Lipinski definition) is 24. The van der Waals surface area contributed by atoms with E-state index < -0.39 is 76.5 Å². The van der Waals surface area contributed by atoms with Gasteiger partial charge in [0.2, 0.25) is 29.7 Å². The fourth-order valence-corrected chi connectivity index (χ4v) is 11.1. The van der Waals surface area contributed by atoms with E-state index in [1.165, 1.54) is 76.0 Å². The van der Waals surface area contributed by atoms with Gasteiger partial charge in [0.1, 0.15) is 57.1 Å². The summed E-state index contributed by atoms with van der Waals surface area (Å²) < 4.78 is 193. The topological polar surface area (TPSA) is 317 Å². The molecular formula is C89H77ClF13N17O8. The number of amides is 1. The fourth-order valence-electron chi connectivity index (χ4n) is 10.9. The number of anilines is 17. The number of carbonyl (C=O) groups is 4. The highest BCUT2D eigenvalue weighted by molar-refractivity contribution is 6.34. The number of ketones is 3. The molecular weight excluding hydrogens is 1720 g/mol. The van der Waals surface area contributed by atoms with Gasteiger partial charge in [0.05, 0.1) is 38.2 Å². The zero-order chi connectivity index (χ0) is 93.0. The van der Waals surface area contributed by atoms with Gasteiger partial charge in [-0.15, -0.1) is 13.2 Å². The maximum absolute atomic E-state index is 14.2.